The lowest BCUT2D eigenvalue weighted by Gasteiger charge is -2.39. The fourth-order valence-electron chi connectivity index (χ4n) is 2.80. The van der Waals surface area contributed by atoms with Crippen molar-refractivity contribution in [2.24, 2.45) is 0 Å². The van der Waals surface area contributed by atoms with Gasteiger partial charge in [-0.1, -0.05) is 30.3 Å². The Kier molecular flexibility index (Phi) is 4.60. The SMILES string of the molecule is O=S(=O)(c1ccc2ccccc2c1)[C@@H]1O[C@H](CO)[C@H](O)[C@H](O)[C@H]1O. The van der Waals surface area contributed by atoms with Crippen LogP contribution < -0.4 is 0 Å². The highest BCUT2D eigenvalue weighted by atomic mass is 32.2. The Morgan fingerprint density at radius 2 is 1.58 bits per heavy atom. The fraction of sp³-hybridized carbons (Fsp3) is 0.375. The lowest BCUT2D eigenvalue weighted by molar-refractivity contribution is -0.207. The average Bonchev–Trinajstić information content (AvgIpc) is 2.59. The monoisotopic (exact) mass is 354 g/mol. The van der Waals surface area contributed by atoms with E-state index in [9.17, 15) is 28.8 Å². The Bertz CT molecular complexity index is 833. The highest BCUT2D eigenvalue weighted by Gasteiger charge is 2.49. The van der Waals surface area contributed by atoms with Gasteiger partial charge in [-0.25, -0.2) is 8.42 Å². The van der Waals surface area contributed by atoms with E-state index in [-0.39, 0.29) is 4.90 Å². The summed E-state index contributed by atoms with van der Waals surface area (Å²) in [6.45, 7) is -0.686. The number of sulfone groups is 1. The molecule has 2 aromatic rings. The summed E-state index contributed by atoms with van der Waals surface area (Å²) in [6, 6.07) is 11.7. The van der Waals surface area contributed by atoms with Crippen molar-refractivity contribution in [1.82, 2.24) is 0 Å². The van der Waals surface area contributed by atoms with E-state index in [0.717, 1.165) is 5.39 Å². The maximum atomic E-state index is 12.8. The molecule has 8 heteroatoms. The minimum atomic E-state index is -4.16. The van der Waals surface area contributed by atoms with E-state index in [0.29, 0.717) is 5.39 Å². The minimum Gasteiger partial charge on any atom is -0.394 e. The quantitative estimate of drug-likeness (QED) is 0.581. The summed E-state index contributed by atoms with van der Waals surface area (Å²) in [6.07, 6.45) is -6.45. The summed E-state index contributed by atoms with van der Waals surface area (Å²) in [4.78, 5) is -0.0782. The molecule has 0 amide bonds. The molecule has 0 aliphatic carbocycles. The molecule has 1 fully saturated rings. The average molecular weight is 354 g/mol. The second kappa shape index (κ2) is 6.40. The van der Waals surface area contributed by atoms with Crippen LogP contribution in [0.4, 0.5) is 0 Å². The zero-order valence-electron chi connectivity index (χ0n) is 12.6. The van der Waals surface area contributed by atoms with E-state index in [1.807, 2.05) is 12.1 Å². The van der Waals surface area contributed by atoms with Crippen LogP contribution in [-0.4, -0.2) is 65.3 Å². The normalized spacial score (nSPS) is 31.2. The summed E-state index contributed by atoms with van der Waals surface area (Å²) in [5, 5.41) is 40.3. The number of rotatable bonds is 3. The van der Waals surface area contributed by atoms with Gasteiger partial charge in [-0.05, 0) is 22.9 Å². The van der Waals surface area contributed by atoms with E-state index in [1.165, 1.54) is 12.1 Å². The molecule has 1 heterocycles. The van der Waals surface area contributed by atoms with Gasteiger partial charge in [0.15, 0.2) is 5.44 Å². The summed E-state index contributed by atoms with van der Waals surface area (Å²) >= 11 is 0. The summed E-state index contributed by atoms with van der Waals surface area (Å²) < 4.78 is 30.8. The number of aliphatic hydroxyl groups excluding tert-OH is 4. The molecular weight excluding hydrogens is 336 g/mol. The highest BCUT2D eigenvalue weighted by Crippen LogP contribution is 2.30. The van der Waals surface area contributed by atoms with Gasteiger partial charge in [0, 0.05) is 0 Å². The number of fused-ring (bicyclic) bond motifs is 1. The Labute approximate surface area is 138 Å². The van der Waals surface area contributed by atoms with Gasteiger partial charge >= 0.3 is 0 Å². The molecule has 7 nitrogen and oxygen atoms in total. The van der Waals surface area contributed by atoms with E-state index in [4.69, 9.17) is 4.74 Å². The van der Waals surface area contributed by atoms with Gasteiger partial charge in [0.25, 0.3) is 0 Å². The molecule has 130 valence electrons. The third kappa shape index (κ3) is 2.81. The van der Waals surface area contributed by atoms with Crippen LogP contribution in [0.1, 0.15) is 0 Å². The Morgan fingerprint density at radius 1 is 0.917 bits per heavy atom. The third-order valence-corrected chi connectivity index (χ3v) is 6.12. The van der Waals surface area contributed by atoms with Gasteiger partial charge in [-0.3, -0.25) is 0 Å². The van der Waals surface area contributed by atoms with Gasteiger partial charge in [0.05, 0.1) is 11.5 Å². The molecular formula is C16H18O7S. The number of ether oxygens (including phenoxy) is 1. The maximum absolute atomic E-state index is 12.8. The van der Waals surface area contributed by atoms with Crippen molar-refractivity contribution in [2.75, 3.05) is 6.61 Å². The zero-order chi connectivity index (χ0) is 17.5. The Hall–Kier alpha value is -1.55. The van der Waals surface area contributed by atoms with Crippen molar-refractivity contribution in [3.8, 4) is 0 Å². The predicted octanol–water partition coefficient (Wildman–Crippen LogP) is -0.587. The van der Waals surface area contributed by atoms with Gasteiger partial charge in [-0.2, -0.15) is 0 Å². The van der Waals surface area contributed by atoms with Crippen LogP contribution in [0.25, 0.3) is 10.8 Å². The Morgan fingerprint density at radius 3 is 2.25 bits per heavy atom. The molecule has 5 atom stereocenters. The van der Waals surface area contributed by atoms with Crippen LogP contribution >= 0.6 is 0 Å². The molecule has 0 radical (unpaired) electrons. The van der Waals surface area contributed by atoms with Crippen molar-refractivity contribution < 1.29 is 33.6 Å². The standard InChI is InChI=1S/C16H18O7S/c17-8-12-13(18)14(19)15(20)16(23-12)24(21,22)11-6-5-9-3-1-2-4-10(9)7-11/h1-7,12-20H,8H2/t12-,13+,14+,15-,16+/m1/s1. The molecule has 0 bridgehead atoms. The molecule has 0 aromatic heterocycles. The molecule has 0 unspecified atom stereocenters. The molecule has 4 N–H and O–H groups in total. The minimum absolute atomic E-state index is 0.0782. The van der Waals surface area contributed by atoms with Crippen LogP contribution in [0, 0.1) is 0 Å². The fourth-order valence-corrected chi connectivity index (χ4v) is 4.44. The van der Waals surface area contributed by atoms with Gasteiger partial charge < -0.3 is 25.2 Å². The van der Waals surface area contributed by atoms with Crippen LogP contribution in [0.5, 0.6) is 0 Å². The first-order chi connectivity index (χ1) is 11.4. The van der Waals surface area contributed by atoms with Gasteiger partial charge in [0.1, 0.15) is 24.4 Å². The van der Waals surface area contributed by atoms with Crippen molar-refractivity contribution in [3.63, 3.8) is 0 Å². The summed E-state index contributed by atoms with van der Waals surface area (Å²) in [5.41, 5.74) is -1.78. The van der Waals surface area contributed by atoms with Crippen molar-refractivity contribution in [1.29, 1.82) is 0 Å². The highest BCUT2D eigenvalue weighted by molar-refractivity contribution is 7.92. The second-order valence-corrected chi connectivity index (χ2v) is 7.78. The molecule has 0 spiro atoms. The molecule has 24 heavy (non-hydrogen) atoms. The first kappa shape index (κ1) is 17.3. The summed E-state index contributed by atoms with van der Waals surface area (Å²) in [7, 11) is -4.16. The second-order valence-electron chi connectivity index (χ2n) is 5.75. The van der Waals surface area contributed by atoms with Crippen molar-refractivity contribution >= 4 is 20.6 Å². The van der Waals surface area contributed by atoms with Crippen molar-refractivity contribution in [2.45, 2.75) is 34.7 Å². The molecule has 1 aliphatic rings. The molecule has 2 aromatic carbocycles. The van der Waals surface area contributed by atoms with Crippen LogP contribution in [0.2, 0.25) is 0 Å². The third-order valence-electron chi connectivity index (χ3n) is 4.20. The smallest absolute Gasteiger partial charge is 0.207 e. The topological polar surface area (TPSA) is 124 Å². The van der Waals surface area contributed by atoms with E-state index in [1.54, 1.807) is 18.2 Å². The van der Waals surface area contributed by atoms with Crippen LogP contribution in [0.15, 0.2) is 47.4 Å². The van der Waals surface area contributed by atoms with E-state index in [2.05, 4.69) is 0 Å². The van der Waals surface area contributed by atoms with Gasteiger partial charge in [-0.15, -0.1) is 0 Å². The molecule has 0 saturated carbocycles. The first-order valence-electron chi connectivity index (χ1n) is 7.39. The maximum Gasteiger partial charge on any atom is 0.207 e. The van der Waals surface area contributed by atoms with Crippen LogP contribution in [0.3, 0.4) is 0 Å². The number of hydrogen-bond donors (Lipinski definition) is 4. The van der Waals surface area contributed by atoms with E-state index >= 15 is 0 Å². The largest absolute Gasteiger partial charge is 0.394 e. The van der Waals surface area contributed by atoms with Crippen molar-refractivity contribution in [3.05, 3.63) is 42.5 Å². The lowest BCUT2D eigenvalue weighted by atomic mass is 10.0. The van der Waals surface area contributed by atoms with Crippen LogP contribution in [-0.2, 0) is 14.6 Å². The van der Waals surface area contributed by atoms with E-state index < -0.39 is 46.3 Å². The van der Waals surface area contributed by atoms with Gasteiger partial charge in [0.2, 0.25) is 9.84 Å². The number of hydrogen-bond acceptors (Lipinski definition) is 7. The number of aliphatic hydroxyl groups is 4. The molecule has 1 saturated heterocycles. The number of benzene rings is 2. The predicted molar refractivity (Wildman–Crippen MR) is 84.9 cm³/mol. The molecule has 1 aliphatic heterocycles. The lowest BCUT2D eigenvalue weighted by Crippen LogP contribution is -2.60. The zero-order valence-corrected chi connectivity index (χ0v) is 13.4. The molecule has 3 rings (SSSR count). The summed E-state index contributed by atoms with van der Waals surface area (Å²) in [5.74, 6) is 0. The Balaban J connectivity index is 2.01. The first-order valence-corrected chi connectivity index (χ1v) is 8.94.